The minimum atomic E-state index is -0.111. The summed E-state index contributed by atoms with van der Waals surface area (Å²) in [6.07, 6.45) is 1.97. The molecular formula is C8H18BrN. The van der Waals surface area contributed by atoms with E-state index in [0.717, 1.165) is 18.4 Å². The van der Waals surface area contributed by atoms with Gasteiger partial charge in [0.2, 0.25) is 0 Å². The number of rotatable bonds is 3. The summed E-state index contributed by atoms with van der Waals surface area (Å²) in [6, 6.07) is 0. The summed E-state index contributed by atoms with van der Waals surface area (Å²) in [5.41, 5.74) is 6.92. The first-order valence-corrected chi connectivity index (χ1v) is 3.51. The molecule has 0 atom stereocenters. The fourth-order valence-corrected chi connectivity index (χ4v) is 0.854. The first-order valence-electron chi connectivity index (χ1n) is 3.51. The Morgan fingerprint density at radius 2 is 1.70 bits per heavy atom. The van der Waals surface area contributed by atoms with Crippen LogP contribution in [0.15, 0.2) is 12.2 Å². The number of halogens is 1. The van der Waals surface area contributed by atoms with E-state index < -0.39 is 0 Å². The van der Waals surface area contributed by atoms with E-state index in [9.17, 15) is 0 Å². The maximum Gasteiger partial charge on any atom is 0.0358 e. The molecule has 0 aromatic carbocycles. The van der Waals surface area contributed by atoms with E-state index in [2.05, 4.69) is 20.4 Å². The van der Waals surface area contributed by atoms with Crippen LogP contribution in [0.4, 0.5) is 0 Å². The predicted molar refractivity (Wildman–Crippen MR) is 52.6 cm³/mol. The third-order valence-electron chi connectivity index (χ3n) is 2.11. The first kappa shape index (κ1) is 12.8. The molecule has 0 aromatic heterocycles. The molecule has 0 amide bonds. The molecule has 2 N–H and O–H groups in total. The molecule has 0 unspecified atom stereocenters. The van der Waals surface area contributed by atoms with Gasteiger partial charge in [0.1, 0.15) is 0 Å². The van der Waals surface area contributed by atoms with Crippen LogP contribution < -0.4 is 5.73 Å². The van der Waals surface area contributed by atoms with Crippen molar-refractivity contribution in [3.05, 3.63) is 12.2 Å². The zero-order chi connectivity index (χ0) is 7.49. The van der Waals surface area contributed by atoms with Gasteiger partial charge in [0, 0.05) is 5.54 Å². The summed E-state index contributed by atoms with van der Waals surface area (Å²) in [4.78, 5) is 0. The molecule has 0 fully saturated rings. The molecular weight excluding hydrogens is 190 g/mol. The molecule has 0 bridgehead atoms. The van der Waals surface area contributed by atoms with Gasteiger partial charge in [-0.15, -0.1) is 17.0 Å². The van der Waals surface area contributed by atoms with E-state index >= 15 is 0 Å². The molecule has 0 aliphatic rings. The van der Waals surface area contributed by atoms with E-state index in [1.54, 1.807) is 0 Å². The van der Waals surface area contributed by atoms with Crippen LogP contribution in [0, 0.1) is 0 Å². The van der Waals surface area contributed by atoms with Gasteiger partial charge >= 0.3 is 0 Å². The largest absolute Gasteiger partial charge is 0.322 e. The van der Waals surface area contributed by atoms with Gasteiger partial charge in [-0.2, -0.15) is 0 Å². The third-order valence-corrected chi connectivity index (χ3v) is 2.11. The Morgan fingerprint density at radius 1 is 1.40 bits per heavy atom. The van der Waals surface area contributed by atoms with E-state index in [1.807, 2.05) is 6.92 Å². The van der Waals surface area contributed by atoms with Crippen molar-refractivity contribution >= 4 is 17.0 Å². The zero-order valence-electron chi connectivity index (χ0n) is 7.11. The number of nitrogens with two attached hydrogens (primary N) is 1. The third kappa shape index (κ3) is 2.84. The fourth-order valence-electron chi connectivity index (χ4n) is 0.854. The van der Waals surface area contributed by atoms with Crippen molar-refractivity contribution in [1.82, 2.24) is 0 Å². The van der Waals surface area contributed by atoms with Gasteiger partial charge in [0.15, 0.2) is 0 Å². The highest BCUT2D eigenvalue weighted by molar-refractivity contribution is 8.93. The van der Waals surface area contributed by atoms with Crippen LogP contribution in [0.5, 0.6) is 0 Å². The van der Waals surface area contributed by atoms with E-state index in [1.165, 1.54) is 0 Å². The summed E-state index contributed by atoms with van der Waals surface area (Å²) in [6.45, 7) is 10.0. The second kappa shape index (κ2) is 4.91. The number of hydrogen-bond acceptors (Lipinski definition) is 1. The Balaban J connectivity index is 0. The molecule has 0 saturated carbocycles. The molecule has 0 spiro atoms. The van der Waals surface area contributed by atoms with Crippen LogP contribution in [-0.4, -0.2) is 5.54 Å². The van der Waals surface area contributed by atoms with Crippen molar-refractivity contribution in [3.8, 4) is 0 Å². The Hall–Kier alpha value is 0.180. The van der Waals surface area contributed by atoms with Gasteiger partial charge in [-0.25, -0.2) is 0 Å². The summed E-state index contributed by atoms with van der Waals surface area (Å²) in [5, 5.41) is 0. The van der Waals surface area contributed by atoms with Crippen molar-refractivity contribution in [2.45, 2.75) is 39.2 Å². The smallest absolute Gasteiger partial charge is 0.0358 e. The topological polar surface area (TPSA) is 26.0 Å². The van der Waals surface area contributed by atoms with Crippen LogP contribution in [-0.2, 0) is 0 Å². The molecule has 0 saturated heterocycles. The maximum absolute atomic E-state index is 5.94. The maximum atomic E-state index is 5.94. The quantitative estimate of drug-likeness (QED) is 0.709. The number of hydrogen-bond donors (Lipinski definition) is 1. The standard InChI is InChI=1S/C8H17N.BrH/c1-5-8(9,6-2)7(3)4;/h3,5-6,9H2,1-2,4H3;1H. The Labute approximate surface area is 74.5 Å². The summed E-state index contributed by atoms with van der Waals surface area (Å²) in [7, 11) is 0. The average Bonchev–Trinajstić information content (AvgIpc) is 1.86. The molecule has 0 rings (SSSR count). The molecule has 0 aromatic rings. The fraction of sp³-hybridized carbons (Fsp3) is 0.750. The SMILES string of the molecule is Br.C=C(C)C(N)(CC)CC. The van der Waals surface area contributed by atoms with Crippen LogP contribution in [0.3, 0.4) is 0 Å². The Morgan fingerprint density at radius 3 is 1.70 bits per heavy atom. The van der Waals surface area contributed by atoms with E-state index in [4.69, 9.17) is 5.73 Å². The lowest BCUT2D eigenvalue weighted by molar-refractivity contribution is 0.466. The van der Waals surface area contributed by atoms with Crippen molar-refractivity contribution < 1.29 is 0 Å². The lowest BCUT2D eigenvalue weighted by atomic mass is 9.88. The molecule has 1 nitrogen and oxygen atoms in total. The van der Waals surface area contributed by atoms with Crippen LogP contribution in [0.25, 0.3) is 0 Å². The van der Waals surface area contributed by atoms with Gasteiger partial charge in [-0.3, -0.25) is 0 Å². The highest BCUT2D eigenvalue weighted by atomic mass is 79.9. The van der Waals surface area contributed by atoms with E-state index in [-0.39, 0.29) is 22.5 Å². The van der Waals surface area contributed by atoms with Crippen molar-refractivity contribution in [2.75, 3.05) is 0 Å². The Kier molecular flexibility index (Phi) is 6.30. The lowest BCUT2D eigenvalue weighted by Gasteiger charge is -2.26. The highest BCUT2D eigenvalue weighted by Gasteiger charge is 2.19. The van der Waals surface area contributed by atoms with Crippen LogP contribution in [0.2, 0.25) is 0 Å². The molecule has 10 heavy (non-hydrogen) atoms. The molecule has 2 heteroatoms. The minimum absolute atomic E-state index is 0. The zero-order valence-corrected chi connectivity index (χ0v) is 8.82. The first-order chi connectivity index (χ1) is 4.06. The van der Waals surface area contributed by atoms with Gasteiger partial charge in [0.05, 0.1) is 0 Å². The average molecular weight is 208 g/mol. The minimum Gasteiger partial charge on any atom is -0.322 e. The molecule has 62 valence electrons. The van der Waals surface area contributed by atoms with Crippen molar-refractivity contribution in [1.29, 1.82) is 0 Å². The van der Waals surface area contributed by atoms with Crippen LogP contribution in [0.1, 0.15) is 33.6 Å². The van der Waals surface area contributed by atoms with Crippen molar-refractivity contribution in [3.63, 3.8) is 0 Å². The lowest BCUT2D eigenvalue weighted by Crippen LogP contribution is -2.38. The van der Waals surface area contributed by atoms with Gasteiger partial charge < -0.3 is 5.73 Å². The predicted octanol–water partition coefficient (Wildman–Crippen LogP) is 2.66. The van der Waals surface area contributed by atoms with Gasteiger partial charge in [0.25, 0.3) is 0 Å². The molecule has 0 aliphatic heterocycles. The normalized spacial score (nSPS) is 10.4. The molecule has 0 heterocycles. The van der Waals surface area contributed by atoms with Gasteiger partial charge in [-0.05, 0) is 19.8 Å². The molecule has 0 aliphatic carbocycles. The molecule has 0 radical (unpaired) electrons. The van der Waals surface area contributed by atoms with Gasteiger partial charge in [-0.1, -0.05) is 26.0 Å². The summed E-state index contributed by atoms with van der Waals surface area (Å²) < 4.78 is 0. The van der Waals surface area contributed by atoms with Crippen LogP contribution >= 0.6 is 17.0 Å². The monoisotopic (exact) mass is 207 g/mol. The highest BCUT2D eigenvalue weighted by Crippen LogP contribution is 2.18. The second-order valence-electron chi connectivity index (χ2n) is 2.64. The Bertz CT molecular complexity index is 106. The van der Waals surface area contributed by atoms with E-state index in [0.29, 0.717) is 0 Å². The summed E-state index contributed by atoms with van der Waals surface area (Å²) >= 11 is 0. The summed E-state index contributed by atoms with van der Waals surface area (Å²) in [5.74, 6) is 0. The second-order valence-corrected chi connectivity index (χ2v) is 2.64. The van der Waals surface area contributed by atoms with Crippen molar-refractivity contribution in [2.24, 2.45) is 5.73 Å².